The molecule has 0 saturated carbocycles. The van der Waals surface area contributed by atoms with E-state index in [1.54, 1.807) is 17.8 Å². The van der Waals surface area contributed by atoms with Crippen molar-refractivity contribution in [2.75, 3.05) is 6.54 Å². The molecule has 1 atom stereocenters. The molecule has 1 saturated heterocycles. The van der Waals surface area contributed by atoms with Crippen LogP contribution in [0.2, 0.25) is 0 Å². The first-order chi connectivity index (χ1) is 13.4. The van der Waals surface area contributed by atoms with Gasteiger partial charge in [0.05, 0.1) is 18.1 Å². The van der Waals surface area contributed by atoms with Gasteiger partial charge in [0.1, 0.15) is 11.6 Å². The molecule has 0 amide bonds. The van der Waals surface area contributed by atoms with Crippen molar-refractivity contribution < 1.29 is 8.42 Å². The minimum absolute atomic E-state index is 0.0785. The lowest BCUT2D eigenvalue weighted by Crippen LogP contribution is -2.31. The van der Waals surface area contributed by atoms with E-state index in [0.29, 0.717) is 6.54 Å². The summed E-state index contributed by atoms with van der Waals surface area (Å²) in [6.45, 7) is 4.64. The number of aromatic nitrogens is 5. The third-order valence-corrected chi connectivity index (χ3v) is 6.78. The summed E-state index contributed by atoms with van der Waals surface area (Å²) >= 11 is 0. The largest absolute Gasteiger partial charge is 0.339 e. The Hall–Kier alpha value is -2.52. The summed E-state index contributed by atoms with van der Waals surface area (Å²) in [5.41, 5.74) is 0.748. The van der Waals surface area contributed by atoms with Gasteiger partial charge in [-0.05, 0) is 25.0 Å². The summed E-state index contributed by atoms with van der Waals surface area (Å²) in [6.07, 6.45) is 8.22. The highest BCUT2D eigenvalue weighted by Crippen LogP contribution is 2.35. The SMILES string of the molecule is CC(C)c1nccn1-c1cccc([C@H]2CCCN2S(=O)(=O)c2cn(C)cn2)n1. The maximum Gasteiger partial charge on any atom is 0.262 e. The number of imidazole rings is 2. The van der Waals surface area contributed by atoms with Crippen LogP contribution in [0.5, 0.6) is 0 Å². The second-order valence-electron chi connectivity index (χ2n) is 7.38. The number of pyridine rings is 1. The zero-order valence-electron chi connectivity index (χ0n) is 16.2. The fourth-order valence-electron chi connectivity index (χ4n) is 3.66. The Morgan fingerprint density at radius 2 is 2.04 bits per heavy atom. The van der Waals surface area contributed by atoms with E-state index < -0.39 is 10.0 Å². The Labute approximate surface area is 164 Å². The zero-order valence-corrected chi connectivity index (χ0v) is 17.0. The summed E-state index contributed by atoms with van der Waals surface area (Å²) in [6, 6.07) is 5.44. The van der Waals surface area contributed by atoms with Crippen molar-refractivity contribution in [3.05, 3.63) is 54.6 Å². The van der Waals surface area contributed by atoms with E-state index in [2.05, 4.69) is 23.8 Å². The lowest BCUT2D eigenvalue weighted by atomic mass is 10.1. The molecule has 0 unspecified atom stereocenters. The molecular formula is C19H24N6O2S. The molecule has 28 heavy (non-hydrogen) atoms. The Kier molecular flexibility index (Phi) is 4.80. The van der Waals surface area contributed by atoms with Crippen LogP contribution in [0.1, 0.15) is 50.2 Å². The molecule has 0 aromatic carbocycles. The lowest BCUT2D eigenvalue weighted by Gasteiger charge is -2.23. The van der Waals surface area contributed by atoms with E-state index in [4.69, 9.17) is 4.98 Å². The highest BCUT2D eigenvalue weighted by Gasteiger charge is 2.38. The van der Waals surface area contributed by atoms with E-state index in [1.165, 1.54) is 16.8 Å². The van der Waals surface area contributed by atoms with Crippen molar-refractivity contribution in [1.29, 1.82) is 0 Å². The Morgan fingerprint density at radius 1 is 1.21 bits per heavy atom. The maximum absolute atomic E-state index is 13.1. The maximum atomic E-state index is 13.1. The molecule has 1 aliphatic heterocycles. The third kappa shape index (κ3) is 3.24. The topological polar surface area (TPSA) is 85.9 Å². The molecule has 1 aliphatic rings. The van der Waals surface area contributed by atoms with Gasteiger partial charge in [0.15, 0.2) is 5.03 Å². The molecule has 148 valence electrons. The molecular weight excluding hydrogens is 376 g/mol. The van der Waals surface area contributed by atoms with Gasteiger partial charge < -0.3 is 4.57 Å². The van der Waals surface area contributed by atoms with Crippen LogP contribution in [0.25, 0.3) is 5.82 Å². The van der Waals surface area contributed by atoms with Gasteiger partial charge in [-0.2, -0.15) is 4.31 Å². The first kappa shape index (κ1) is 18.8. The van der Waals surface area contributed by atoms with Crippen molar-refractivity contribution in [2.45, 2.75) is 43.7 Å². The quantitative estimate of drug-likeness (QED) is 0.657. The van der Waals surface area contributed by atoms with Gasteiger partial charge in [-0.3, -0.25) is 4.57 Å². The normalized spacial score (nSPS) is 18.2. The molecule has 0 aliphatic carbocycles. The van der Waals surface area contributed by atoms with Crippen LogP contribution in [0.15, 0.2) is 48.1 Å². The number of hydrogen-bond acceptors (Lipinski definition) is 5. The van der Waals surface area contributed by atoms with Crippen molar-refractivity contribution in [1.82, 2.24) is 28.4 Å². The van der Waals surface area contributed by atoms with Crippen LogP contribution >= 0.6 is 0 Å². The van der Waals surface area contributed by atoms with Crippen LogP contribution < -0.4 is 0 Å². The minimum Gasteiger partial charge on any atom is -0.339 e. The van der Waals surface area contributed by atoms with E-state index in [9.17, 15) is 8.42 Å². The van der Waals surface area contributed by atoms with Gasteiger partial charge in [-0.25, -0.2) is 23.4 Å². The average molecular weight is 401 g/mol. The zero-order chi connectivity index (χ0) is 19.9. The first-order valence-corrected chi connectivity index (χ1v) is 10.8. The highest BCUT2D eigenvalue weighted by molar-refractivity contribution is 7.89. The first-order valence-electron chi connectivity index (χ1n) is 9.38. The predicted octanol–water partition coefficient (Wildman–Crippen LogP) is 2.65. The van der Waals surface area contributed by atoms with Crippen molar-refractivity contribution in [3.8, 4) is 5.82 Å². The van der Waals surface area contributed by atoms with E-state index in [1.807, 2.05) is 29.0 Å². The Bertz CT molecular complexity index is 1090. The summed E-state index contributed by atoms with van der Waals surface area (Å²) < 4.78 is 31.3. The standard InChI is InChI=1S/C19H24N6O2S/c1-14(2)19-20-9-11-24(19)17-8-4-6-15(22-17)16-7-5-10-25(16)28(26,27)18-12-23(3)13-21-18/h4,6,8-9,11-14,16H,5,7,10H2,1-3H3/t16-/m1/s1. The molecule has 4 rings (SSSR count). The minimum atomic E-state index is -3.66. The summed E-state index contributed by atoms with van der Waals surface area (Å²) in [4.78, 5) is 13.3. The number of nitrogens with zero attached hydrogens (tertiary/aromatic N) is 6. The fourth-order valence-corrected chi connectivity index (χ4v) is 5.30. The van der Waals surface area contributed by atoms with Gasteiger partial charge in [-0.15, -0.1) is 0 Å². The fraction of sp³-hybridized carbons (Fsp3) is 0.421. The molecule has 1 fully saturated rings. The Balaban J connectivity index is 1.70. The second-order valence-corrected chi connectivity index (χ2v) is 9.22. The van der Waals surface area contributed by atoms with Gasteiger partial charge in [0.2, 0.25) is 0 Å². The Morgan fingerprint density at radius 3 is 2.75 bits per heavy atom. The summed E-state index contributed by atoms with van der Waals surface area (Å²) in [5, 5.41) is 0.0785. The van der Waals surface area contributed by atoms with Crippen molar-refractivity contribution >= 4 is 10.0 Å². The third-order valence-electron chi connectivity index (χ3n) is 4.99. The lowest BCUT2D eigenvalue weighted by molar-refractivity contribution is 0.388. The van der Waals surface area contributed by atoms with E-state index in [0.717, 1.165) is 30.2 Å². The van der Waals surface area contributed by atoms with Crippen molar-refractivity contribution in [2.24, 2.45) is 7.05 Å². The average Bonchev–Trinajstić information content (AvgIpc) is 3.41. The van der Waals surface area contributed by atoms with Gasteiger partial charge in [-0.1, -0.05) is 19.9 Å². The summed E-state index contributed by atoms with van der Waals surface area (Å²) in [5.74, 6) is 1.93. The van der Waals surface area contributed by atoms with E-state index >= 15 is 0 Å². The van der Waals surface area contributed by atoms with E-state index in [-0.39, 0.29) is 17.0 Å². The van der Waals surface area contributed by atoms with Crippen LogP contribution in [0.4, 0.5) is 0 Å². The van der Waals surface area contributed by atoms with Gasteiger partial charge >= 0.3 is 0 Å². The summed E-state index contributed by atoms with van der Waals surface area (Å²) in [7, 11) is -1.90. The van der Waals surface area contributed by atoms with Crippen LogP contribution in [-0.4, -0.2) is 43.4 Å². The number of aryl methyl sites for hydroxylation is 1. The molecule has 4 heterocycles. The smallest absolute Gasteiger partial charge is 0.262 e. The number of rotatable bonds is 5. The van der Waals surface area contributed by atoms with Crippen molar-refractivity contribution in [3.63, 3.8) is 0 Å². The second kappa shape index (κ2) is 7.14. The highest BCUT2D eigenvalue weighted by atomic mass is 32.2. The molecule has 8 nitrogen and oxygen atoms in total. The monoisotopic (exact) mass is 400 g/mol. The molecule has 3 aromatic rings. The van der Waals surface area contributed by atoms with Crippen LogP contribution in [0, 0.1) is 0 Å². The number of hydrogen-bond donors (Lipinski definition) is 0. The molecule has 0 bridgehead atoms. The molecule has 0 N–H and O–H groups in total. The molecule has 9 heteroatoms. The molecule has 3 aromatic heterocycles. The van der Waals surface area contributed by atoms with Gasteiger partial charge in [0.25, 0.3) is 10.0 Å². The number of sulfonamides is 1. The molecule has 0 spiro atoms. The predicted molar refractivity (Wildman–Crippen MR) is 105 cm³/mol. The molecule has 0 radical (unpaired) electrons. The van der Waals surface area contributed by atoms with Gasteiger partial charge in [0, 0.05) is 38.1 Å². The van der Waals surface area contributed by atoms with Crippen LogP contribution in [-0.2, 0) is 17.1 Å². The van der Waals surface area contributed by atoms with Crippen LogP contribution in [0.3, 0.4) is 0 Å².